The maximum Gasteiger partial charge on any atom is 0.359 e. The van der Waals surface area contributed by atoms with Crippen molar-refractivity contribution in [3.05, 3.63) is 92.6 Å². The minimum atomic E-state index is -0.877. The lowest BCUT2D eigenvalue weighted by Crippen LogP contribution is -2.27. The van der Waals surface area contributed by atoms with Gasteiger partial charge in [0.25, 0.3) is 11.5 Å². The van der Waals surface area contributed by atoms with Crippen LogP contribution in [0.1, 0.15) is 16.1 Å². The molecule has 0 atom stereocenters. The molecule has 1 aromatic heterocycles. The fourth-order valence-corrected chi connectivity index (χ4v) is 2.74. The second kappa shape index (κ2) is 9.24. The lowest BCUT2D eigenvalue weighted by molar-refractivity contribution is -0.119. The first kappa shape index (κ1) is 20.4. The maximum absolute atomic E-state index is 13.7. The number of anilines is 1. The summed E-state index contributed by atoms with van der Waals surface area (Å²) in [5.41, 5.74) is 0.296. The highest BCUT2D eigenvalue weighted by atomic mass is 79.9. The molecule has 1 amide bonds. The quantitative estimate of drug-likeness (QED) is 0.572. The standard InChI is InChI=1S/C20H15BrFN3O4/c21-14-6-7-16(15(22)10-14)23-18(26)12-29-20(28)17-8-9-19(27)25(24-17)11-13-4-2-1-3-5-13/h1-10H,11-12H2,(H,23,26). The van der Waals surface area contributed by atoms with Gasteiger partial charge in [0.2, 0.25) is 0 Å². The predicted octanol–water partition coefficient (Wildman–Crippen LogP) is 2.99. The van der Waals surface area contributed by atoms with E-state index in [9.17, 15) is 18.8 Å². The highest BCUT2D eigenvalue weighted by molar-refractivity contribution is 9.10. The molecule has 0 saturated heterocycles. The number of ether oxygens (including phenoxy) is 1. The molecule has 0 bridgehead atoms. The Balaban J connectivity index is 1.62. The molecule has 9 heteroatoms. The van der Waals surface area contributed by atoms with Crippen LogP contribution in [-0.4, -0.2) is 28.3 Å². The molecule has 7 nitrogen and oxygen atoms in total. The van der Waals surface area contributed by atoms with Crippen LogP contribution >= 0.6 is 15.9 Å². The third-order valence-electron chi connectivity index (χ3n) is 3.79. The molecule has 29 heavy (non-hydrogen) atoms. The average molecular weight is 460 g/mol. The van der Waals surface area contributed by atoms with Crippen molar-refractivity contribution in [2.45, 2.75) is 6.54 Å². The van der Waals surface area contributed by atoms with E-state index in [1.54, 1.807) is 6.07 Å². The molecule has 0 fully saturated rings. The molecule has 3 aromatic rings. The molecule has 0 radical (unpaired) electrons. The van der Waals surface area contributed by atoms with Gasteiger partial charge in [-0.3, -0.25) is 9.59 Å². The van der Waals surface area contributed by atoms with Crippen molar-refractivity contribution >= 4 is 33.5 Å². The molecule has 148 valence electrons. The monoisotopic (exact) mass is 459 g/mol. The first-order valence-corrected chi connectivity index (χ1v) is 9.26. The Morgan fingerprint density at radius 2 is 1.86 bits per heavy atom. The van der Waals surface area contributed by atoms with Gasteiger partial charge >= 0.3 is 5.97 Å². The first-order valence-electron chi connectivity index (χ1n) is 8.46. The number of carbonyl (C=O) groups is 2. The zero-order valence-corrected chi connectivity index (χ0v) is 16.6. The van der Waals surface area contributed by atoms with Crippen LogP contribution in [0.15, 0.2) is 69.9 Å². The zero-order chi connectivity index (χ0) is 20.8. The van der Waals surface area contributed by atoms with Crippen LogP contribution < -0.4 is 10.9 Å². The molecule has 1 heterocycles. The summed E-state index contributed by atoms with van der Waals surface area (Å²) in [5.74, 6) is -2.22. The van der Waals surface area contributed by atoms with Crippen LogP contribution in [0.2, 0.25) is 0 Å². The van der Waals surface area contributed by atoms with Crippen LogP contribution in [0.5, 0.6) is 0 Å². The number of rotatable bonds is 6. The number of halogens is 2. The van der Waals surface area contributed by atoms with Crippen molar-refractivity contribution < 1.29 is 18.7 Å². The van der Waals surface area contributed by atoms with Gasteiger partial charge in [0.05, 0.1) is 12.2 Å². The summed E-state index contributed by atoms with van der Waals surface area (Å²) < 4.78 is 20.3. The van der Waals surface area contributed by atoms with E-state index in [4.69, 9.17) is 4.74 Å². The number of hydrogen-bond acceptors (Lipinski definition) is 5. The number of hydrogen-bond donors (Lipinski definition) is 1. The summed E-state index contributed by atoms with van der Waals surface area (Å²) in [6.45, 7) is -0.446. The van der Waals surface area contributed by atoms with E-state index >= 15 is 0 Å². The normalized spacial score (nSPS) is 10.4. The number of esters is 1. The summed E-state index contributed by atoms with van der Waals surface area (Å²) in [4.78, 5) is 36.0. The summed E-state index contributed by atoms with van der Waals surface area (Å²) in [7, 11) is 0. The van der Waals surface area contributed by atoms with Gasteiger partial charge in [-0.25, -0.2) is 13.9 Å². The fourth-order valence-electron chi connectivity index (χ4n) is 2.41. The molecule has 3 rings (SSSR count). The van der Waals surface area contributed by atoms with Crippen molar-refractivity contribution in [2.75, 3.05) is 11.9 Å². The van der Waals surface area contributed by atoms with Gasteiger partial charge in [-0.1, -0.05) is 46.3 Å². The van der Waals surface area contributed by atoms with Gasteiger partial charge in [0, 0.05) is 10.5 Å². The largest absolute Gasteiger partial charge is 0.451 e. The molecule has 0 unspecified atom stereocenters. The van der Waals surface area contributed by atoms with E-state index in [-0.39, 0.29) is 23.5 Å². The third-order valence-corrected chi connectivity index (χ3v) is 4.28. The summed E-state index contributed by atoms with van der Waals surface area (Å²) in [5, 5.41) is 6.30. The van der Waals surface area contributed by atoms with Crippen LogP contribution in [0.4, 0.5) is 10.1 Å². The number of benzene rings is 2. The third kappa shape index (κ3) is 5.58. The van der Waals surface area contributed by atoms with E-state index < -0.39 is 24.3 Å². The summed E-state index contributed by atoms with van der Waals surface area (Å²) >= 11 is 3.12. The Morgan fingerprint density at radius 3 is 2.59 bits per heavy atom. The molecule has 0 aliphatic carbocycles. The summed E-state index contributed by atoms with van der Waals surface area (Å²) in [6, 6.07) is 15.7. The van der Waals surface area contributed by atoms with Crippen LogP contribution in [0, 0.1) is 5.82 Å². The number of aromatic nitrogens is 2. The summed E-state index contributed by atoms with van der Waals surface area (Å²) in [6.07, 6.45) is 0. The maximum atomic E-state index is 13.7. The molecule has 0 aliphatic heterocycles. The Kier molecular flexibility index (Phi) is 6.50. The highest BCUT2D eigenvalue weighted by Crippen LogP contribution is 2.19. The number of nitrogens with one attached hydrogen (secondary N) is 1. The second-order valence-electron chi connectivity index (χ2n) is 5.95. The molecule has 0 spiro atoms. The van der Waals surface area contributed by atoms with Crippen LogP contribution in [0.25, 0.3) is 0 Å². The molecule has 1 N–H and O–H groups in total. The van der Waals surface area contributed by atoms with Crippen molar-refractivity contribution in [1.82, 2.24) is 9.78 Å². The Bertz CT molecular complexity index is 1100. The van der Waals surface area contributed by atoms with Gasteiger partial charge in [0.1, 0.15) is 5.82 Å². The van der Waals surface area contributed by atoms with Crippen molar-refractivity contribution in [1.29, 1.82) is 0 Å². The molecular formula is C20H15BrFN3O4. The number of amides is 1. The fraction of sp³-hybridized carbons (Fsp3) is 0.100. The van der Waals surface area contributed by atoms with E-state index in [1.807, 2.05) is 30.3 Å². The average Bonchev–Trinajstić information content (AvgIpc) is 2.71. The Labute approximate surface area is 173 Å². The van der Waals surface area contributed by atoms with Gasteiger partial charge in [-0.05, 0) is 29.8 Å². The van der Waals surface area contributed by atoms with Crippen LogP contribution in [-0.2, 0) is 16.1 Å². The molecule has 0 saturated carbocycles. The van der Waals surface area contributed by atoms with E-state index in [0.29, 0.717) is 4.47 Å². The highest BCUT2D eigenvalue weighted by Gasteiger charge is 2.15. The van der Waals surface area contributed by atoms with Crippen LogP contribution in [0.3, 0.4) is 0 Å². The number of carbonyl (C=O) groups excluding carboxylic acids is 2. The first-order chi connectivity index (χ1) is 13.9. The SMILES string of the molecule is O=C(COC(=O)c1ccc(=O)n(Cc2ccccc2)n1)Nc1ccc(Br)cc1F. The molecule has 2 aromatic carbocycles. The molecule has 0 aliphatic rings. The Morgan fingerprint density at radius 1 is 1.10 bits per heavy atom. The molecular weight excluding hydrogens is 445 g/mol. The van der Waals surface area contributed by atoms with Gasteiger partial charge in [-0.2, -0.15) is 5.10 Å². The minimum absolute atomic E-state index is 0.0382. The Hall–Kier alpha value is -3.33. The van der Waals surface area contributed by atoms with Crippen molar-refractivity contribution in [3.8, 4) is 0 Å². The van der Waals surface area contributed by atoms with Crippen molar-refractivity contribution in [2.24, 2.45) is 0 Å². The van der Waals surface area contributed by atoms with E-state index in [2.05, 4.69) is 26.3 Å². The number of nitrogens with zero attached hydrogens (tertiary/aromatic N) is 2. The zero-order valence-electron chi connectivity index (χ0n) is 15.0. The van der Waals surface area contributed by atoms with E-state index in [0.717, 1.165) is 10.2 Å². The van der Waals surface area contributed by atoms with Gasteiger partial charge in [-0.15, -0.1) is 0 Å². The van der Waals surface area contributed by atoms with Crippen molar-refractivity contribution in [3.63, 3.8) is 0 Å². The topological polar surface area (TPSA) is 90.3 Å². The second-order valence-corrected chi connectivity index (χ2v) is 6.86. The van der Waals surface area contributed by atoms with E-state index in [1.165, 1.54) is 24.3 Å². The smallest absolute Gasteiger partial charge is 0.359 e. The predicted molar refractivity (Wildman–Crippen MR) is 107 cm³/mol. The van der Waals surface area contributed by atoms with Gasteiger partial charge in [0.15, 0.2) is 12.3 Å². The lowest BCUT2D eigenvalue weighted by Gasteiger charge is -2.09. The minimum Gasteiger partial charge on any atom is -0.451 e. The van der Waals surface area contributed by atoms with Gasteiger partial charge < -0.3 is 10.1 Å². The lowest BCUT2D eigenvalue weighted by atomic mass is 10.2.